The molecule has 0 aromatic heterocycles. The van der Waals surface area contributed by atoms with Crippen LogP contribution in [0, 0.1) is 5.82 Å². The predicted molar refractivity (Wildman–Crippen MR) is 62.7 cm³/mol. The highest BCUT2D eigenvalue weighted by molar-refractivity contribution is 5.47. The Hall–Kier alpha value is -1.79. The Kier molecular flexibility index (Phi) is 4.15. The second-order valence-corrected chi connectivity index (χ2v) is 4.63. The lowest BCUT2D eigenvalue weighted by molar-refractivity contribution is -0.138. The molecule has 0 radical (unpaired) electrons. The fourth-order valence-corrected chi connectivity index (χ4v) is 2.09. The molecule has 110 valence electrons. The number of carbonyl (C=O) groups is 1. The molecule has 1 amide bonds. The van der Waals surface area contributed by atoms with Gasteiger partial charge in [0.05, 0.1) is 5.56 Å². The van der Waals surface area contributed by atoms with E-state index in [0.717, 1.165) is 18.5 Å². The van der Waals surface area contributed by atoms with Crippen LogP contribution in [0.25, 0.3) is 0 Å². The van der Waals surface area contributed by atoms with Gasteiger partial charge in [-0.15, -0.1) is 0 Å². The molecular weight excluding hydrogens is 278 g/mol. The third kappa shape index (κ3) is 3.61. The topological polar surface area (TPSA) is 29.5 Å². The van der Waals surface area contributed by atoms with Gasteiger partial charge in [-0.05, 0) is 12.1 Å². The summed E-state index contributed by atoms with van der Waals surface area (Å²) in [7, 11) is 0. The van der Waals surface area contributed by atoms with E-state index in [9.17, 15) is 22.4 Å². The molecule has 0 atom stereocenters. The van der Waals surface area contributed by atoms with Gasteiger partial charge in [0.25, 0.3) is 0 Å². The minimum Gasteiger partial charge on any atom is -0.490 e. The first kappa shape index (κ1) is 14.6. The largest absolute Gasteiger partial charge is 0.490 e. The van der Waals surface area contributed by atoms with E-state index >= 15 is 0 Å². The maximum Gasteiger partial charge on any atom is 0.416 e. The van der Waals surface area contributed by atoms with E-state index in [-0.39, 0.29) is 11.9 Å². The average Bonchev–Trinajstić information content (AvgIpc) is 2.38. The Morgan fingerprint density at radius 3 is 2.40 bits per heavy atom. The zero-order chi connectivity index (χ0) is 14.8. The van der Waals surface area contributed by atoms with Crippen molar-refractivity contribution >= 4 is 6.41 Å². The van der Waals surface area contributed by atoms with Gasteiger partial charge < -0.3 is 9.64 Å². The number of rotatable bonds is 3. The van der Waals surface area contributed by atoms with Gasteiger partial charge in [-0.1, -0.05) is 0 Å². The van der Waals surface area contributed by atoms with E-state index in [1.54, 1.807) is 4.90 Å². The summed E-state index contributed by atoms with van der Waals surface area (Å²) in [6.07, 6.45) is -3.18. The molecule has 20 heavy (non-hydrogen) atoms. The van der Waals surface area contributed by atoms with Gasteiger partial charge in [0.2, 0.25) is 6.41 Å². The number of hydrogen-bond acceptors (Lipinski definition) is 2. The number of nitrogens with zero attached hydrogens (tertiary/aromatic N) is 1. The van der Waals surface area contributed by atoms with Crippen molar-refractivity contribution in [1.29, 1.82) is 0 Å². The molecule has 7 heteroatoms. The van der Waals surface area contributed by atoms with E-state index < -0.39 is 17.6 Å². The zero-order valence-corrected chi connectivity index (χ0v) is 10.5. The first-order valence-corrected chi connectivity index (χ1v) is 6.12. The zero-order valence-electron chi connectivity index (χ0n) is 10.5. The summed E-state index contributed by atoms with van der Waals surface area (Å²) in [5, 5.41) is 0. The van der Waals surface area contributed by atoms with Crippen molar-refractivity contribution in [2.24, 2.45) is 0 Å². The van der Waals surface area contributed by atoms with Gasteiger partial charge in [-0.25, -0.2) is 4.39 Å². The van der Waals surface area contributed by atoms with Crippen molar-refractivity contribution in [2.45, 2.75) is 25.1 Å². The number of halogens is 4. The van der Waals surface area contributed by atoms with Gasteiger partial charge in [0.15, 0.2) is 0 Å². The summed E-state index contributed by atoms with van der Waals surface area (Å²) in [5.41, 5.74) is -1.07. The lowest BCUT2D eigenvalue weighted by atomic mass is 10.1. The number of hydrogen-bond donors (Lipinski definition) is 0. The number of carbonyl (C=O) groups excluding carboxylic acids is 1. The molecule has 1 aliphatic heterocycles. The van der Waals surface area contributed by atoms with Crippen molar-refractivity contribution < 1.29 is 27.1 Å². The third-order valence-electron chi connectivity index (χ3n) is 3.13. The standard InChI is InChI=1S/C13H13F4NO2/c14-10-5-9(13(15,16)17)6-12(7-10)20-11-1-3-18(8-19)4-2-11/h5-8,11H,1-4H2. The highest BCUT2D eigenvalue weighted by Gasteiger charge is 2.32. The minimum absolute atomic E-state index is 0.137. The second-order valence-electron chi connectivity index (χ2n) is 4.63. The van der Waals surface area contributed by atoms with E-state index in [0.29, 0.717) is 32.0 Å². The summed E-state index contributed by atoms with van der Waals surface area (Å²) in [6.45, 7) is 0.964. The highest BCUT2D eigenvalue weighted by atomic mass is 19.4. The van der Waals surface area contributed by atoms with Crippen LogP contribution < -0.4 is 4.74 Å². The predicted octanol–water partition coefficient (Wildman–Crippen LogP) is 2.84. The lowest BCUT2D eigenvalue weighted by Crippen LogP contribution is -2.37. The van der Waals surface area contributed by atoms with Gasteiger partial charge in [0.1, 0.15) is 17.7 Å². The molecule has 1 aromatic rings. The molecule has 1 saturated heterocycles. The van der Waals surface area contributed by atoms with Crippen LogP contribution in [-0.4, -0.2) is 30.5 Å². The normalized spacial score (nSPS) is 17.1. The molecule has 0 aliphatic carbocycles. The third-order valence-corrected chi connectivity index (χ3v) is 3.13. The summed E-state index contributed by atoms with van der Waals surface area (Å²) in [5.74, 6) is -1.12. The van der Waals surface area contributed by atoms with Crippen molar-refractivity contribution in [3.8, 4) is 5.75 Å². The van der Waals surface area contributed by atoms with Gasteiger partial charge in [0, 0.05) is 32.0 Å². The van der Waals surface area contributed by atoms with Crippen LogP contribution in [0.4, 0.5) is 17.6 Å². The van der Waals surface area contributed by atoms with Crippen molar-refractivity contribution in [2.75, 3.05) is 13.1 Å². The smallest absolute Gasteiger partial charge is 0.416 e. The molecule has 0 spiro atoms. The van der Waals surface area contributed by atoms with Gasteiger partial charge in [-0.2, -0.15) is 13.2 Å². The lowest BCUT2D eigenvalue weighted by Gasteiger charge is -2.29. The van der Waals surface area contributed by atoms with Crippen molar-refractivity contribution in [1.82, 2.24) is 4.90 Å². The quantitative estimate of drug-likeness (QED) is 0.633. The Balaban J connectivity index is 2.06. The number of likely N-dealkylation sites (tertiary alicyclic amines) is 1. The molecule has 1 heterocycles. The molecule has 0 N–H and O–H groups in total. The monoisotopic (exact) mass is 291 g/mol. The number of alkyl halides is 3. The van der Waals surface area contributed by atoms with Crippen LogP contribution in [0.1, 0.15) is 18.4 Å². The van der Waals surface area contributed by atoms with Crippen LogP contribution in [0.5, 0.6) is 5.75 Å². The fraction of sp³-hybridized carbons (Fsp3) is 0.462. The molecule has 1 aromatic carbocycles. The van der Waals surface area contributed by atoms with Crippen LogP contribution in [0.15, 0.2) is 18.2 Å². The van der Waals surface area contributed by atoms with Crippen LogP contribution in [0.3, 0.4) is 0 Å². The number of ether oxygens (including phenoxy) is 1. The molecule has 0 saturated carbocycles. The van der Waals surface area contributed by atoms with E-state index in [2.05, 4.69) is 0 Å². The summed E-state index contributed by atoms with van der Waals surface area (Å²) in [4.78, 5) is 12.1. The second kappa shape index (κ2) is 5.68. The molecule has 0 unspecified atom stereocenters. The number of amides is 1. The van der Waals surface area contributed by atoms with Crippen LogP contribution in [-0.2, 0) is 11.0 Å². The van der Waals surface area contributed by atoms with Gasteiger partial charge >= 0.3 is 6.18 Å². The number of benzene rings is 1. The van der Waals surface area contributed by atoms with Crippen LogP contribution in [0.2, 0.25) is 0 Å². The first-order chi connectivity index (χ1) is 9.38. The molecule has 1 fully saturated rings. The van der Waals surface area contributed by atoms with E-state index in [1.165, 1.54) is 0 Å². The van der Waals surface area contributed by atoms with Crippen LogP contribution >= 0.6 is 0 Å². The average molecular weight is 291 g/mol. The Morgan fingerprint density at radius 2 is 1.85 bits per heavy atom. The Bertz CT molecular complexity index is 482. The maximum atomic E-state index is 13.2. The molecule has 0 bridgehead atoms. The Labute approximate surface area is 113 Å². The molecule has 3 nitrogen and oxygen atoms in total. The highest BCUT2D eigenvalue weighted by Crippen LogP contribution is 2.33. The first-order valence-electron chi connectivity index (χ1n) is 6.12. The SMILES string of the molecule is O=CN1CCC(Oc2cc(F)cc(C(F)(F)F)c2)CC1. The maximum absolute atomic E-state index is 13.2. The molecule has 2 rings (SSSR count). The Morgan fingerprint density at radius 1 is 1.20 bits per heavy atom. The molecular formula is C13H13F4NO2. The molecule has 1 aliphatic rings. The van der Waals surface area contributed by atoms with E-state index in [1.807, 2.05) is 0 Å². The number of piperidine rings is 1. The van der Waals surface area contributed by atoms with Crippen molar-refractivity contribution in [3.05, 3.63) is 29.6 Å². The fourth-order valence-electron chi connectivity index (χ4n) is 2.09. The van der Waals surface area contributed by atoms with Crippen molar-refractivity contribution in [3.63, 3.8) is 0 Å². The summed E-state index contributed by atoms with van der Waals surface area (Å²) >= 11 is 0. The summed E-state index contributed by atoms with van der Waals surface area (Å²) in [6, 6.07) is 2.15. The van der Waals surface area contributed by atoms with E-state index in [4.69, 9.17) is 4.74 Å². The minimum atomic E-state index is -4.61. The summed E-state index contributed by atoms with van der Waals surface area (Å²) < 4.78 is 56.2. The van der Waals surface area contributed by atoms with Gasteiger partial charge in [-0.3, -0.25) is 4.79 Å².